The van der Waals surface area contributed by atoms with E-state index in [0.717, 1.165) is 18.6 Å². The number of rotatable bonds is 5. The van der Waals surface area contributed by atoms with Crippen LogP contribution in [0.3, 0.4) is 0 Å². The van der Waals surface area contributed by atoms with Crippen molar-refractivity contribution < 1.29 is 14.3 Å². The van der Waals surface area contributed by atoms with Crippen LogP contribution >= 0.6 is 0 Å². The normalized spacial score (nSPS) is 17.4. The molecule has 2 rings (SSSR count). The van der Waals surface area contributed by atoms with E-state index in [1.165, 1.54) is 0 Å². The molecule has 1 aromatic heterocycles. The van der Waals surface area contributed by atoms with Crippen molar-refractivity contribution in [3.05, 3.63) is 24.2 Å². The zero-order chi connectivity index (χ0) is 10.7. The van der Waals surface area contributed by atoms with Crippen molar-refractivity contribution >= 4 is 5.91 Å². The number of furan rings is 1. The third kappa shape index (κ3) is 2.59. The van der Waals surface area contributed by atoms with Gasteiger partial charge in [0, 0.05) is 12.8 Å². The predicted octanol–water partition coefficient (Wildman–Crippen LogP) is 0.853. The average molecular weight is 209 g/mol. The van der Waals surface area contributed by atoms with E-state index >= 15 is 0 Å². The van der Waals surface area contributed by atoms with E-state index < -0.39 is 0 Å². The van der Waals surface area contributed by atoms with E-state index in [-0.39, 0.29) is 18.1 Å². The van der Waals surface area contributed by atoms with Gasteiger partial charge in [0.2, 0.25) is 5.91 Å². The molecule has 1 heterocycles. The lowest BCUT2D eigenvalue weighted by atomic mass is 10.2. The number of carbonyl (C=O) groups excluding carboxylic acids is 1. The Kier molecular flexibility index (Phi) is 2.77. The van der Waals surface area contributed by atoms with Gasteiger partial charge in [0.15, 0.2) is 0 Å². The molecule has 0 bridgehead atoms. The van der Waals surface area contributed by atoms with Gasteiger partial charge in [0.25, 0.3) is 0 Å². The van der Waals surface area contributed by atoms with E-state index in [1.54, 1.807) is 6.26 Å². The van der Waals surface area contributed by atoms with Gasteiger partial charge >= 0.3 is 0 Å². The van der Waals surface area contributed by atoms with Crippen LogP contribution in [-0.4, -0.2) is 23.2 Å². The summed E-state index contributed by atoms with van der Waals surface area (Å²) in [7, 11) is 0. The van der Waals surface area contributed by atoms with Gasteiger partial charge in [-0.15, -0.1) is 0 Å². The zero-order valence-corrected chi connectivity index (χ0v) is 8.53. The van der Waals surface area contributed by atoms with Gasteiger partial charge < -0.3 is 14.8 Å². The SMILES string of the molecule is O=C(CCc1ccco1)NC1(CO)CC1. The number of aliphatic hydroxyl groups is 1. The molecule has 4 nitrogen and oxygen atoms in total. The molecule has 1 aliphatic rings. The molecule has 82 valence electrons. The molecule has 1 fully saturated rings. The number of carbonyl (C=O) groups is 1. The van der Waals surface area contributed by atoms with E-state index in [0.29, 0.717) is 12.8 Å². The molecule has 0 saturated heterocycles. The van der Waals surface area contributed by atoms with E-state index in [4.69, 9.17) is 9.52 Å². The highest BCUT2D eigenvalue weighted by Crippen LogP contribution is 2.34. The molecule has 15 heavy (non-hydrogen) atoms. The molecule has 1 saturated carbocycles. The van der Waals surface area contributed by atoms with Crippen LogP contribution in [0.2, 0.25) is 0 Å². The first-order valence-corrected chi connectivity index (χ1v) is 5.18. The Labute approximate surface area is 88.3 Å². The van der Waals surface area contributed by atoms with Gasteiger partial charge in [0.05, 0.1) is 18.4 Å². The summed E-state index contributed by atoms with van der Waals surface area (Å²) in [5.74, 6) is 0.803. The Hall–Kier alpha value is -1.29. The summed E-state index contributed by atoms with van der Waals surface area (Å²) in [6.45, 7) is 0.0412. The van der Waals surface area contributed by atoms with Crippen molar-refractivity contribution in [3.8, 4) is 0 Å². The summed E-state index contributed by atoms with van der Waals surface area (Å²) >= 11 is 0. The minimum absolute atomic E-state index is 0.0158. The Morgan fingerprint density at radius 2 is 2.40 bits per heavy atom. The summed E-state index contributed by atoms with van der Waals surface area (Å²) in [6.07, 6.45) is 4.39. The van der Waals surface area contributed by atoms with Crippen molar-refractivity contribution in [3.63, 3.8) is 0 Å². The summed E-state index contributed by atoms with van der Waals surface area (Å²) in [6, 6.07) is 3.66. The molecule has 1 aliphatic carbocycles. The van der Waals surface area contributed by atoms with Gasteiger partial charge in [-0.1, -0.05) is 0 Å². The van der Waals surface area contributed by atoms with Crippen LogP contribution in [0.15, 0.2) is 22.8 Å². The highest BCUT2D eigenvalue weighted by Gasteiger charge is 2.43. The maximum atomic E-state index is 11.5. The van der Waals surface area contributed by atoms with Gasteiger partial charge in [-0.2, -0.15) is 0 Å². The minimum Gasteiger partial charge on any atom is -0.469 e. The molecule has 0 radical (unpaired) electrons. The summed E-state index contributed by atoms with van der Waals surface area (Å²) < 4.78 is 5.13. The van der Waals surface area contributed by atoms with Crippen molar-refractivity contribution in [2.24, 2.45) is 0 Å². The van der Waals surface area contributed by atoms with Gasteiger partial charge in [-0.25, -0.2) is 0 Å². The Balaban J connectivity index is 1.73. The molecular formula is C11H15NO3. The zero-order valence-electron chi connectivity index (χ0n) is 8.53. The van der Waals surface area contributed by atoms with Gasteiger partial charge in [0.1, 0.15) is 5.76 Å². The predicted molar refractivity (Wildman–Crippen MR) is 54.2 cm³/mol. The second-order valence-corrected chi connectivity index (χ2v) is 4.07. The van der Waals surface area contributed by atoms with Crippen molar-refractivity contribution in [1.82, 2.24) is 5.32 Å². The van der Waals surface area contributed by atoms with Crippen LogP contribution in [0.25, 0.3) is 0 Å². The van der Waals surface area contributed by atoms with Gasteiger partial charge in [-0.05, 0) is 25.0 Å². The standard InChI is InChI=1S/C11H15NO3/c13-8-11(5-6-11)12-10(14)4-3-9-2-1-7-15-9/h1-2,7,13H,3-6,8H2,(H,12,14). The fraction of sp³-hybridized carbons (Fsp3) is 0.545. The van der Waals surface area contributed by atoms with Crippen molar-refractivity contribution in [1.29, 1.82) is 0 Å². The van der Waals surface area contributed by atoms with E-state index in [9.17, 15) is 4.79 Å². The highest BCUT2D eigenvalue weighted by atomic mass is 16.3. The third-order valence-corrected chi connectivity index (χ3v) is 2.74. The Morgan fingerprint density at radius 1 is 1.60 bits per heavy atom. The quantitative estimate of drug-likeness (QED) is 0.755. The number of hydrogen-bond acceptors (Lipinski definition) is 3. The molecule has 0 aliphatic heterocycles. The lowest BCUT2D eigenvalue weighted by molar-refractivity contribution is -0.122. The molecule has 0 unspecified atom stereocenters. The largest absolute Gasteiger partial charge is 0.469 e. The fourth-order valence-electron chi connectivity index (χ4n) is 1.52. The maximum absolute atomic E-state index is 11.5. The molecule has 4 heteroatoms. The highest BCUT2D eigenvalue weighted by molar-refractivity contribution is 5.77. The maximum Gasteiger partial charge on any atom is 0.220 e. The second-order valence-electron chi connectivity index (χ2n) is 4.07. The molecule has 0 spiro atoms. The van der Waals surface area contributed by atoms with Crippen LogP contribution in [-0.2, 0) is 11.2 Å². The van der Waals surface area contributed by atoms with Crippen LogP contribution in [0.5, 0.6) is 0 Å². The number of aryl methyl sites for hydroxylation is 1. The van der Waals surface area contributed by atoms with E-state index in [2.05, 4.69) is 5.32 Å². The monoisotopic (exact) mass is 209 g/mol. The summed E-state index contributed by atoms with van der Waals surface area (Å²) in [4.78, 5) is 11.5. The molecule has 2 N–H and O–H groups in total. The van der Waals surface area contributed by atoms with Crippen LogP contribution < -0.4 is 5.32 Å². The number of hydrogen-bond donors (Lipinski definition) is 2. The molecular weight excluding hydrogens is 194 g/mol. The third-order valence-electron chi connectivity index (χ3n) is 2.74. The fourth-order valence-corrected chi connectivity index (χ4v) is 1.52. The Bertz CT molecular complexity index is 328. The number of aliphatic hydroxyl groups excluding tert-OH is 1. The lowest BCUT2D eigenvalue weighted by Crippen LogP contribution is -2.39. The average Bonchev–Trinajstić information content (AvgIpc) is 2.80. The van der Waals surface area contributed by atoms with Gasteiger partial charge in [-0.3, -0.25) is 4.79 Å². The first-order chi connectivity index (χ1) is 7.24. The number of amides is 1. The van der Waals surface area contributed by atoms with E-state index in [1.807, 2.05) is 12.1 Å². The van der Waals surface area contributed by atoms with Crippen molar-refractivity contribution in [2.45, 2.75) is 31.2 Å². The summed E-state index contributed by atoms with van der Waals surface area (Å²) in [5, 5.41) is 11.9. The van der Waals surface area contributed by atoms with Crippen LogP contribution in [0.1, 0.15) is 25.0 Å². The molecule has 1 amide bonds. The summed E-state index contributed by atoms with van der Waals surface area (Å²) in [5.41, 5.74) is -0.305. The molecule has 1 aromatic rings. The first kappa shape index (κ1) is 10.2. The van der Waals surface area contributed by atoms with Crippen LogP contribution in [0, 0.1) is 0 Å². The smallest absolute Gasteiger partial charge is 0.220 e. The first-order valence-electron chi connectivity index (χ1n) is 5.18. The topological polar surface area (TPSA) is 62.5 Å². The second kappa shape index (κ2) is 4.06. The lowest BCUT2D eigenvalue weighted by Gasteiger charge is -2.13. The molecule has 0 aromatic carbocycles. The van der Waals surface area contributed by atoms with Crippen molar-refractivity contribution in [2.75, 3.05) is 6.61 Å². The Morgan fingerprint density at radius 3 is 2.93 bits per heavy atom. The van der Waals surface area contributed by atoms with Crippen LogP contribution in [0.4, 0.5) is 0 Å². The number of nitrogens with one attached hydrogen (secondary N) is 1. The molecule has 0 atom stereocenters. The minimum atomic E-state index is -0.305.